The van der Waals surface area contributed by atoms with Crippen molar-refractivity contribution in [2.75, 3.05) is 23.3 Å². The summed E-state index contributed by atoms with van der Waals surface area (Å²) >= 11 is 1.69. The van der Waals surface area contributed by atoms with Crippen molar-refractivity contribution in [3.63, 3.8) is 0 Å². The van der Waals surface area contributed by atoms with Crippen LogP contribution in [0.25, 0.3) is 0 Å². The van der Waals surface area contributed by atoms with Gasteiger partial charge in [-0.3, -0.25) is 0 Å². The lowest BCUT2D eigenvalue weighted by Crippen LogP contribution is -2.39. The highest BCUT2D eigenvalue weighted by atomic mass is 32.1. The number of nitrogens with one attached hydrogen (secondary N) is 1. The van der Waals surface area contributed by atoms with Crippen LogP contribution in [0, 0.1) is 6.92 Å². The number of anilines is 2. The van der Waals surface area contributed by atoms with Crippen LogP contribution >= 0.6 is 11.3 Å². The molecule has 0 saturated carbocycles. The minimum atomic E-state index is 0.368. The van der Waals surface area contributed by atoms with Gasteiger partial charge in [0.1, 0.15) is 11.6 Å². The van der Waals surface area contributed by atoms with E-state index >= 15 is 0 Å². The lowest BCUT2D eigenvalue weighted by atomic mass is 10.1. The van der Waals surface area contributed by atoms with Crippen LogP contribution in [0.1, 0.15) is 44.1 Å². The lowest BCUT2D eigenvalue weighted by Gasteiger charge is -2.33. The Kier molecular flexibility index (Phi) is 4.57. The molecule has 1 aliphatic rings. The van der Waals surface area contributed by atoms with E-state index in [9.17, 15) is 0 Å². The van der Waals surface area contributed by atoms with Gasteiger partial charge in [0.2, 0.25) is 0 Å². The summed E-state index contributed by atoms with van der Waals surface area (Å²) in [5, 5.41) is 6.68. The maximum absolute atomic E-state index is 4.69. The highest BCUT2D eigenvalue weighted by Crippen LogP contribution is 2.23. The van der Waals surface area contributed by atoms with E-state index in [0.29, 0.717) is 12.0 Å². The summed E-state index contributed by atoms with van der Waals surface area (Å²) in [6, 6.07) is 2.53. The number of thiazole rings is 1. The molecule has 22 heavy (non-hydrogen) atoms. The lowest BCUT2D eigenvalue weighted by molar-refractivity contribution is 0.522. The van der Waals surface area contributed by atoms with Crippen molar-refractivity contribution in [2.24, 2.45) is 0 Å². The second kappa shape index (κ2) is 6.60. The monoisotopic (exact) mass is 317 g/mol. The molecule has 0 unspecified atom stereocenters. The molecule has 3 rings (SSSR count). The third-order valence-corrected chi connectivity index (χ3v) is 4.83. The van der Waals surface area contributed by atoms with Crippen LogP contribution in [-0.4, -0.2) is 34.1 Å². The summed E-state index contributed by atoms with van der Waals surface area (Å²) < 4.78 is 0. The number of aryl methyl sites for hydroxylation is 1. The SMILES string of the molecule is Cc1csc(NC2CCN(c3ccnc(C(C)C)n3)CC2)n1. The maximum atomic E-state index is 4.69. The molecule has 2 aromatic heterocycles. The zero-order valence-corrected chi connectivity index (χ0v) is 14.2. The third-order valence-electron chi connectivity index (χ3n) is 3.94. The van der Waals surface area contributed by atoms with Crippen LogP contribution in [0.4, 0.5) is 10.9 Å². The first-order valence-electron chi connectivity index (χ1n) is 7.88. The molecule has 0 aromatic carbocycles. The van der Waals surface area contributed by atoms with Crippen LogP contribution < -0.4 is 10.2 Å². The fourth-order valence-electron chi connectivity index (χ4n) is 2.67. The Hall–Kier alpha value is -1.69. The summed E-state index contributed by atoms with van der Waals surface area (Å²) in [5.74, 6) is 2.35. The molecule has 0 radical (unpaired) electrons. The average molecular weight is 317 g/mol. The zero-order chi connectivity index (χ0) is 15.5. The Morgan fingerprint density at radius 1 is 1.27 bits per heavy atom. The number of nitrogens with zero attached hydrogens (tertiary/aromatic N) is 4. The Morgan fingerprint density at radius 3 is 2.68 bits per heavy atom. The Bertz CT molecular complexity index is 617. The Morgan fingerprint density at radius 2 is 2.05 bits per heavy atom. The van der Waals surface area contributed by atoms with E-state index in [0.717, 1.165) is 48.4 Å². The predicted molar refractivity (Wildman–Crippen MR) is 91.8 cm³/mol. The minimum Gasteiger partial charge on any atom is -0.359 e. The van der Waals surface area contributed by atoms with Gasteiger partial charge in [-0.05, 0) is 25.8 Å². The summed E-state index contributed by atoms with van der Waals surface area (Å²) in [4.78, 5) is 15.9. The standard InChI is InChI=1S/C16H23N5S/c1-11(2)15-17-7-4-14(20-15)21-8-5-13(6-9-21)19-16-18-12(3)10-22-16/h4,7,10-11,13H,5-6,8-9H2,1-3H3,(H,18,19). The van der Waals surface area contributed by atoms with Gasteiger partial charge in [-0.15, -0.1) is 11.3 Å². The average Bonchev–Trinajstić information content (AvgIpc) is 2.93. The molecule has 5 nitrogen and oxygen atoms in total. The van der Waals surface area contributed by atoms with Gasteiger partial charge in [0.05, 0.1) is 5.69 Å². The van der Waals surface area contributed by atoms with Gasteiger partial charge < -0.3 is 10.2 Å². The number of rotatable bonds is 4. The van der Waals surface area contributed by atoms with Crippen molar-refractivity contribution in [2.45, 2.75) is 45.6 Å². The van der Waals surface area contributed by atoms with E-state index in [4.69, 9.17) is 4.98 Å². The molecule has 1 fully saturated rings. The first-order valence-corrected chi connectivity index (χ1v) is 8.76. The van der Waals surface area contributed by atoms with E-state index in [2.05, 4.69) is 39.4 Å². The molecule has 3 heterocycles. The van der Waals surface area contributed by atoms with Crippen molar-refractivity contribution in [3.05, 3.63) is 29.2 Å². The minimum absolute atomic E-state index is 0.368. The van der Waals surface area contributed by atoms with E-state index in [1.807, 2.05) is 19.2 Å². The molecule has 0 atom stereocenters. The number of hydrogen-bond acceptors (Lipinski definition) is 6. The van der Waals surface area contributed by atoms with Crippen molar-refractivity contribution >= 4 is 22.3 Å². The number of aromatic nitrogens is 3. The van der Waals surface area contributed by atoms with Gasteiger partial charge in [-0.2, -0.15) is 0 Å². The third kappa shape index (κ3) is 3.55. The first-order chi connectivity index (χ1) is 10.6. The highest BCUT2D eigenvalue weighted by Gasteiger charge is 2.21. The molecular formula is C16H23N5S. The van der Waals surface area contributed by atoms with Crippen molar-refractivity contribution in [1.29, 1.82) is 0 Å². The zero-order valence-electron chi connectivity index (χ0n) is 13.4. The molecule has 118 valence electrons. The number of hydrogen-bond donors (Lipinski definition) is 1. The molecular weight excluding hydrogens is 294 g/mol. The van der Waals surface area contributed by atoms with Gasteiger partial charge in [0, 0.05) is 36.6 Å². The Balaban J connectivity index is 1.58. The van der Waals surface area contributed by atoms with Gasteiger partial charge in [-0.1, -0.05) is 13.8 Å². The van der Waals surface area contributed by atoms with E-state index in [1.165, 1.54) is 0 Å². The van der Waals surface area contributed by atoms with Crippen molar-refractivity contribution < 1.29 is 0 Å². The molecule has 1 aliphatic heterocycles. The summed E-state index contributed by atoms with van der Waals surface area (Å²) in [5.41, 5.74) is 1.09. The molecule has 1 saturated heterocycles. The van der Waals surface area contributed by atoms with E-state index in [1.54, 1.807) is 11.3 Å². The second-order valence-corrected chi connectivity index (χ2v) is 6.99. The first kappa shape index (κ1) is 15.2. The van der Waals surface area contributed by atoms with Gasteiger partial charge in [-0.25, -0.2) is 15.0 Å². The largest absolute Gasteiger partial charge is 0.359 e. The number of piperidine rings is 1. The molecule has 0 aliphatic carbocycles. The maximum Gasteiger partial charge on any atom is 0.183 e. The molecule has 1 N–H and O–H groups in total. The summed E-state index contributed by atoms with van der Waals surface area (Å²) in [7, 11) is 0. The fourth-order valence-corrected chi connectivity index (χ4v) is 3.43. The summed E-state index contributed by atoms with van der Waals surface area (Å²) in [6.45, 7) is 8.34. The second-order valence-electron chi connectivity index (χ2n) is 6.13. The highest BCUT2D eigenvalue weighted by molar-refractivity contribution is 7.13. The van der Waals surface area contributed by atoms with Crippen LogP contribution in [0.3, 0.4) is 0 Å². The van der Waals surface area contributed by atoms with Gasteiger partial charge in [0.25, 0.3) is 0 Å². The smallest absolute Gasteiger partial charge is 0.183 e. The van der Waals surface area contributed by atoms with E-state index in [-0.39, 0.29) is 0 Å². The summed E-state index contributed by atoms with van der Waals surface area (Å²) in [6.07, 6.45) is 4.10. The fraction of sp³-hybridized carbons (Fsp3) is 0.562. The van der Waals surface area contributed by atoms with Crippen LogP contribution in [-0.2, 0) is 0 Å². The topological polar surface area (TPSA) is 53.9 Å². The van der Waals surface area contributed by atoms with Crippen molar-refractivity contribution in [1.82, 2.24) is 15.0 Å². The van der Waals surface area contributed by atoms with Crippen LogP contribution in [0.15, 0.2) is 17.6 Å². The molecule has 2 aromatic rings. The van der Waals surface area contributed by atoms with Crippen molar-refractivity contribution in [3.8, 4) is 0 Å². The normalized spacial score (nSPS) is 16.3. The quantitative estimate of drug-likeness (QED) is 0.936. The van der Waals surface area contributed by atoms with E-state index < -0.39 is 0 Å². The molecule has 0 amide bonds. The molecule has 0 spiro atoms. The molecule has 0 bridgehead atoms. The van der Waals surface area contributed by atoms with Gasteiger partial charge >= 0.3 is 0 Å². The Labute approximate surface area is 135 Å². The van der Waals surface area contributed by atoms with Gasteiger partial charge in [0.15, 0.2) is 5.13 Å². The predicted octanol–water partition coefficient (Wildman–Crippen LogP) is 3.45. The van der Waals surface area contributed by atoms with Crippen LogP contribution in [0.2, 0.25) is 0 Å². The molecule has 6 heteroatoms. The van der Waals surface area contributed by atoms with Crippen LogP contribution in [0.5, 0.6) is 0 Å².